The lowest BCUT2D eigenvalue weighted by Gasteiger charge is -2.18. The monoisotopic (exact) mass is 993 g/mol. The Morgan fingerprint density at radius 1 is 0.296 bits per heavy atom. The summed E-state index contributed by atoms with van der Waals surface area (Å²) < 4.78 is 16.9. The zero-order chi connectivity index (χ0) is 51.4. The van der Waals surface area contributed by atoms with Gasteiger partial charge in [-0.15, -0.1) is 0 Å². The van der Waals surface area contributed by atoms with Gasteiger partial charge < -0.3 is 14.2 Å². The van der Waals surface area contributed by atoms with Crippen molar-refractivity contribution in [3.63, 3.8) is 0 Å². The molecule has 0 aliphatic rings. The van der Waals surface area contributed by atoms with Crippen LogP contribution in [0.5, 0.6) is 0 Å². The molecule has 1 unspecified atom stereocenters. The Hall–Kier alpha value is -2.89. The molecule has 71 heavy (non-hydrogen) atoms. The molecule has 0 aliphatic heterocycles. The summed E-state index contributed by atoms with van der Waals surface area (Å²) in [5.74, 6) is -0.879. The molecule has 0 saturated heterocycles. The first kappa shape index (κ1) is 68.1. The average Bonchev–Trinajstić information content (AvgIpc) is 3.37. The highest BCUT2D eigenvalue weighted by molar-refractivity contribution is 5.71. The van der Waals surface area contributed by atoms with Crippen molar-refractivity contribution < 1.29 is 28.6 Å². The van der Waals surface area contributed by atoms with Crippen LogP contribution in [-0.4, -0.2) is 37.2 Å². The van der Waals surface area contributed by atoms with E-state index in [9.17, 15) is 14.4 Å². The molecule has 6 heteroatoms. The summed E-state index contributed by atoms with van der Waals surface area (Å²) in [5.41, 5.74) is 0. The second-order valence-corrected chi connectivity index (χ2v) is 20.6. The van der Waals surface area contributed by atoms with Gasteiger partial charge in [0.1, 0.15) is 13.2 Å². The molecule has 0 aromatic carbocycles. The van der Waals surface area contributed by atoms with E-state index < -0.39 is 6.10 Å². The van der Waals surface area contributed by atoms with E-state index in [1.54, 1.807) is 0 Å². The van der Waals surface area contributed by atoms with Gasteiger partial charge in [-0.2, -0.15) is 0 Å². The summed E-state index contributed by atoms with van der Waals surface area (Å²) >= 11 is 0. The zero-order valence-corrected chi connectivity index (χ0v) is 47.2. The van der Waals surface area contributed by atoms with E-state index in [4.69, 9.17) is 14.2 Å². The highest BCUT2D eigenvalue weighted by Gasteiger charge is 2.19. The fourth-order valence-corrected chi connectivity index (χ4v) is 8.90. The molecule has 412 valence electrons. The van der Waals surface area contributed by atoms with Crippen molar-refractivity contribution >= 4 is 17.9 Å². The van der Waals surface area contributed by atoms with Crippen molar-refractivity contribution in [3.05, 3.63) is 60.8 Å². The Bertz CT molecular complexity index is 1280. The summed E-state index contributed by atoms with van der Waals surface area (Å²) in [4.78, 5) is 38.3. The average molecular weight is 994 g/mol. The van der Waals surface area contributed by atoms with Crippen LogP contribution in [0.15, 0.2) is 60.8 Å². The quantitative estimate of drug-likeness (QED) is 0.0261. The number of carbonyl (C=O) groups excluding carboxylic acids is 3. The maximum Gasteiger partial charge on any atom is 0.306 e. The van der Waals surface area contributed by atoms with Gasteiger partial charge in [0.25, 0.3) is 0 Å². The van der Waals surface area contributed by atoms with Crippen LogP contribution in [0, 0.1) is 0 Å². The second-order valence-electron chi connectivity index (χ2n) is 20.6. The Morgan fingerprint density at radius 3 is 0.873 bits per heavy atom. The molecular formula is C65H116O6. The molecule has 0 rings (SSSR count). The smallest absolute Gasteiger partial charge is 0.306 e. The Morgan fingerprint density at radius 2 is 0.549 bits per heavy atom. The predicted octanol–water partition coefficient (Wildman–Crippen LogP) is 20.8. The van der Waals surface area contributed by atoms with Gasteiger partial charge in [-0.3, -0.25) is 14.4 Å². The third-order valence-electron chi connectivity index (χ3n) is 13.5. The van der Waals surface area contributed by atoms with Crippen molar-refractivity contribution in [1.29, 1.82) is 0 Å². The fourth-order valence-electron chi connectivity index (χ4n) is 8.90. The minimum Gasteiger partial charge on any atom is -0.462 e. The minimum absolute atomic E-state index is 0.0774. The normalized spacial score (nSPS) is 12.4. The van der Waals surface area contributed by atoms with Crippen LogP contribution < -0.4 is 0 Å². The fraction of sp³-hybridized carbons (Fsp3) is 0.800. The van der Waals surface area contributed by atoms with Gasteiger partial charge in [0.15, 0.2) is 6.10 Å². The number of carbonyl (C=O) groups is 3. The van der Waals surface area contributed by atoms with Gasteiger partial charge in [0, 0.05) is 19.3 Å². The number of allylic oxidation sites excluding steroid dienone is 10. The van der Waals surface area contributed by atoms with Crippen molar-refractivity contribution in [1.82, 2.24) is 0 Å². The van der Waals surface area contributed by atoms with Crippen LogP contribution in [0.25, 0.3) is 0 Å². The molecule has 0 fully saturated rings. The topological polar surface area (TPSA) is 78.9 Å². The number of rotatable bonds is 56. The number of unbranched alkanes of at least 4 members (excludes halogenated alkanes) is 35. The molecule has 0 heterocycles. The van der Waals surface area contributed by atoms with E-state index in [1.807, 2.05) is 0 Å². The third kappa shape index (κ3) is 57.9. The SMILES string of the molecule is CC/C=C\C/C=C\C/C=C\C/C=C\CCCCCCCCC(=O)OCC(COC(=O)CCCCCCCCCCCCCCCCCC)OC(=O)CCCCCCCCC/C=C\CCCCCCCCC. The number of ether oxygens (including phenoxy) is 3. The third-order valence-corrected chi connectivity index (χ3v) is 13.5. The minimum atomic E-state index is -0.781. The molecular weight excluding hydrogens is 877 g/mol. The largest absolute Gasteiger partial charge is 0.462 e. The first-order valence-electron chi connectivity index (χ1n) is 30.8. The summed E-state index contributed by atoms with van der Waals surface area (Å²) in [6.07, 6.45) is 75.0. The number of hydrogen-bond donors (Lipinski definition) is 0. The highest BCUT2D eigenvalue weighted by Crippen LogP contribution is 2.17. The van der Waals surface area contributed by atoms with Crippen LogP contribution in [-0.2, 0) is 28.6 Å². The Kier molecular flexibility index (Phi) is 57.2. The van der Waals surface area contributed by atoms with Gasteiger partial charge in [0.2, 0.25) is 0 Å². The van der Waals surface area contributed by atoms with Gasteiger partial charge in [-0.25, -0.2) is 0 Å². The molecule has 0 amide bonds. The van der Waals surface area contributed by atoms with E-state index in [1.165, 1.54) is 186 Å². The van der Waals surface area contributed by atoms with Gasteiger partial charge >= 0.3 is 17.9 Å². The second kappa shape index (κ2) is 59.7. The Labute approximate surface area is 440 Å². The van der Waals surface area contributed by atoms with E-state index in [2.05, 4.69) is 81.5 Å². The van der Waals surface area contributed by atoms with Crippen molar-refractivity contribution in [2.45, 2.75) is 322 Å². The summed E-state index contributed by atoms with van der Waals surface area (Å²) in [6.45, 7) is 6.55. The zero-order valence-electron chi connectivity index (χ0n) is 47.2. The molecule has 0 bridgehead atoms. The molecule has 0 radical (unpaired) electrons. The van der Waals surface area contributed by atoms with Crippen LogP contribution in [0.3, 0.4) is 0 Å². The van der Waals surface area contributed by atoms with Crippen LogP contribution in [0.1, 0.15) is 316 Å². The first-order chi connectivity index (χ1) is 35.0. The Balaban J connectivity index is 4.38. The molecule has 1 atom stereocenters. The number of hydrogen-bond acceptors (Lipinski definition) is 6. The first-order valence-corrected chi connectivity index (χ1v) is 30.8. The molecule has 0 saturated carbocycles. The summed E-state index contributed by atoms with van der Waals surface area (Å²) in [7, 11) is 0. The van der Waals surface area contributed by atoms with Gasteiger partial charge in [0.05, 0.1) is 0 Å². The van der Waals surface area contributed by atoms with Crippen molar-refractivity contribution in [2.24, 2.45) is 0 Å². The molecule has 0 aromatic heterocycles. The van der Waals surface area contributed by atoms with E-state index in [0.29, 0.717) is 19.3 Å². The molecule has 0 N–H and O–H groups in total. The molecule has 6 nitrogen and oxygen atoms in total. The van der Waals surface area contributed by atoms with Crippen LogP contribution in [0.2, 0.25) is 0 Å². The van der Waals surface area contributed by atoms with E-state index >= 15 is 0 Å². The predicted molar refractivity (Wildman–Crippen MR) is 307 cm³/mol. The van der Waals surface area contributed by atoms with Crippen molar-refractivity contribution in [2.75, 3.05) is 13.2 Å². The molecule has 0 spiro atoms. The van der Waals surface area contributed by atoms with Gasteiger partial charge in [-0.05, 0) is 83.5 Å². The lowest BCUT2D eigenvalue weighted by molar-refractivity contribution is -0.167. The molecule has 0 aromatic rings. The molecule has 0 aliphatic carbocycles. The van der Waals surface area contributed by atoms with Gasteiger partial charge in [-0.1, -0.05) is 274 Å². The lowest BCUT2D eigenvalue weighted by Crippen LogP contribution is -2.30. The maximum atomic E-state index is 12.9. The van der Waals surface area contributed by atoms with E-state index in [-0.39, 0.29) is 31.1 Å². The standard InChI is InChI=1S/C65H116O6/c1-4-7-10-13-16-19-22-25-28-31-33-35-37-40-43-46-49-52-55-58-64(67)70-61-62(60-69-63(66)57-54-51-48-45-42-39-36-30-27-24-21-18-15-12-9-6-3)71-65(68)59-56-53-50-47-44-41-38-34-32-29-26-23-20-17-14-11-8-5-2/h7,10,16,19,25,28-29,32-33,35,62H,4-6,8-9,11-15,17-18,20-24,26-27,30-31,34,36-61H2,1-3H3/b10-7-,19-16-,28-25-,32-29-,35-33-. The van der Waals surface area contributed by atoms with Crippen molar-refractivity contribution in [3.8, 4) is 0 Å². The number of esters is 3. The highest BCUT2D eigenvalue weighted by atomic mass is 16.6. The van der Waals surface area contributed by atoms with Crippen LogP contribution in [0.4, 0.5) is 0 Å². The van der Waals surface area contributed by atoms with E-state index in [0.717, 1.165) is 89.9 Å². The summed E-state index contributed by atoms with van der Waals surface area (Å²) in [5, 5.41) is 0. The summed E-state index contributed by atoms with van der Waals surface area (Å²) in [6, 6.07) is 0. The lowest BCUT2D eigenvalue weighted by atomic mass is 10.0. The van der Waals surface area contributed by atoms with Crippen LogP contribution >= 0.6 is 0 Å². The maximum absolute atomic E-state index is 12.9.